The van der Waals surface area contributed by atoms with Gasteiger partial charge in [0.1, 0.15) is 0 Å². The van der Waals surface area contributed by atoms with E-state index in [1.807, 2.05) is 6.07 Å². The Bertz CT molecular complexity index is 297. The molecule has 0 saturated heterocycles. The molecule has 1 atom stereocenters. The number of nitrogens with one attached hydrogen (secondary N) is 1. The molecule has 0 spiro atoms. The third-order valence-corrected chi connectivity index (χ3v) is 2.38. The van der Waals surface area contributed by atoms with E-state index in [1.165, 1.54) is 0 Å². The van der Waals surface area contributed by atoms with Gasteiger partial charge in [-0.25, -0.2) is 0 Å². The minimum Gasteiger partial charge on any atom is -0.395 e. The zero-order valence-corrected chi connectivity index (χ0v) is 10.2. The third kappa shape index (κ3) is 4.70. The van der Waals surface area contributed by atoms with E-state index >= 15 is 0 Å². The fourth-order valence-electron chi connectivity index (χ4n) is 1.19. The predicted molar refractivity (Wildman–Crippen MR) is 61.5 cm³/mol. The van der Waals surface area contributed by atoms with Crippen LogP contribution in [-0.4, -0.2) is 36.5 Å². The van der Waals surface area contributed by atoms with Crippen LogP contribution in [0.3, 0.4) is 0 Å². The number of halogens is 1. The van der Waals surface area contributed by atoms with Gasteiger partial charge in [-0.1, -0.05) is 0 Å². The van der Waals surface area contributed by atoms with Gasteiger partial charge in [-0.2, -0.15) is 0 Å². The summed E-state index contributed by atoms with van der Waals surface area (Å²) >= 11 is 3.35. The fraction of sp³-hybridized carbons (Fsp3) is 0.500. The summed E-state index contributed by atoms with van der Waals surface area (Å²) in [6.45, 7) is 1.23. The number of hydrogen-bond acceptors (Lipinski definition) is 4. The molecule has 1 heterocycles. The zero-order chi connectivity index (χ0) is 11.1. The molecule has 0 fully saturated rings. The molecule has 0 aromatic carbocycles. The summed E-state index contributed by atoms with van der Waals surface area (Å²) in [5.41, 5.74) is 1.07. The Hall–Kier alpha value is -0.490. The van der Waals surface area contributed by atoms with Gasteiger partial charge in [0.2, 0.25) is 0 Å². The molecule has 84 valence electrons. The van der Waals surface area contributed by atoms with Crippen molar-refractivity contribution in [3.63, 3.8) is 0 Å². The highest BCUT2D eigenvalue weighted by Crippen LogP contribution is 2.09. The second-order valence-electron chi connectivity index (χ2n) is 3.23. The minimum atomic E-state index is -0.0334. The van der Waals surface area contributed by atoms with Crippen LogP contribution < -0.4 is 5.32 Å². The number of pyridine rings is 1. The van der Waals surface area contributed by atoms with Crippen molar-refractivity contribution in [1.29, 1.82) is 0 Å². The maximum atomic E-state index is 9.02. The number of nitrogens with zero attached hydrogens (tertiary/aromatic N) is 1. The van der Waals surface area contributed by atoms with E-state index in [4.69, 9.17) is 9.84 Å². The molecule has 0 amide bonds. The van der Waals surface area contributed by atoms with Gasteiger partial charge in [0.15, 0.2) is 0 Å². The van der Waals surface area contributed by atoms with Crippen molar-refractivity contribution in [3.05, 3.63) is 28.5 Å². The van der Waals surface area contributed by atoms with Crippen molar-refractivity contribution in [1.82, 2.24) is 10.3 Å². The number of aromatic nitrogens is 1. The van der Waals surface area contributed by atoms with Crippen LogP contribution in [0.25, 0.3) is 0 Å². The van der Waals surface area contributed by atoms with E-state index in [-0.39, 0.29) is 12.6 Å². The van der Waals surface area contributed by atoms with Gasteiger partial charge in [0.05, 0.1) is 19.3 Å². The Labute approximate surface area is 97.8 Å². The van der Waals surface area contributed by atoms with Crippen LogP contribution in [0.1, 0.15) is 5.56 Å². The van der Waals surface area contributed by atoms with Crippen molar-refractivity contribution in [2.75, 3.05) is 20.3 Å². The lowest BCUT2D eigenvalue weighted by Gasteiger charge is -2.14. The topological polar surface area (TPSA) is 54.4 Å². The molecule has 2 N–H and O–H groups in total. The van der Waals surface area contributed by atoms with Gasteiger partial charge in [-0.05, 0) is 27.6 Å². The molecule has 0 bridgehead atoms. The summed E-state index contributed by atoms with van der Waals surface area (Å²) < 4.78 is 5.91. The van der Waals surface area contributed by atoms with Crippen LogP contribution in [0.5, 0.6) is 0 Å². The van der Waals surface area contributed by atoms with Gasteiger partial charge in [-0.15, -0.1) is 0 Å². The van der Waals surface area contributed by atoms with Crippen molar-refractivity contribution < 1.29 is 9.84 Å². The van der Waals surface area contributed by atoms with Crippen molar-refractivity contribution in [3.8, 4) is 0 Å². The van der Waals surface area contributed by atoms with Crippen LogP contribution in [0.4, 0.5) is 0 Å². The highest BCUT2D eigenvalue weighted by atomic mass is 79.9. The van der Waals surface area contributed by atoms with Crippen molar-refractivity contribution >= 4 is 15.9 Å². The van der Waals surface area contributed by atoms with Gasteiger partial charge in [0, 0.05) is 30.5 Å². The zero-order valence-electron chi connectivity index (χ0n) is 8.61. The number of hydrogen-bond donors (Lipinski definition) is 2. The van der Waals surface area contributed by atoms with Crippen molar-refractivity contribution in [2.24, 2.45) is 0 Å². The number of ether oxygens (including phenoxy) is 1. The summed E-state index contributed by atoms with van der Waals surface area (Å²) in [6.07, 6.45) is 3.53. The first kappa shape index (κ1) is 12.6. The van der Waals surface area contributed by atoms with Crippen molar-refractivity contribution in [2.45, 2.75) is 12.6 Å². The summed E-state index contributed by atoms with van der Waals surface area (Å²) in [5.74, 6) is 0. The number of aliphatic hydroxyl groups excluding tert-OH is 1. The van der Waals surface area contributed by atoms with Crippen LogP contribution >= 0.6 is 15.9 Å². The summed E-state index contributed by atoms with van der Waals surface area (Å²) in [7, 11) is 1.62. The molecular formula is C10H15BrN2O2. The Morgan fingerprint density at radius 1 is 1.60 bits per heavy atom. The summed E-state index contributed by atoms with van der Waals surface area (Å²) in [4.78, 5) is 4.05. The molecule has 5 heteroatoms. The number of rotatable bonds is 6. The maximum absolute atomic E-state index is 9.02. The van der Waals surface area contributed by atoms with E-state index in [0.717, 1.165) is 10.0 Å². The standard InChI is InChI=1S/C10H15BrN2O2/c1-15-7-10(6-14)13-4-8-2-9(11)5-12-3-8/h2-3,5,10,13-14H,4,6-7H2,1H3. The molecule has 0 aliphatic carbocycles. The average molecular weight is 275 g/mol. The SMILES string of the molecule is COCC(CO)NCc1cncc(Br)c1. The Kier molecular flexibility index (Phi) is 5.78. The van der Waals surface area contributed by atoms with Gasteiger partial charge in [0.25, 0.3) is 0 Å². The predicted octanol–water partition coefficient (Wildman–Crippen LogP) is 0.941. The lowest BCUT2D eigenvalue weighted by atomic mass is 10.2. The average Bonchev–Trinajstić information content (AvgIpc) is 2.24. The molecule has 1 unspecified atom stereocenters. The Balaban J connectivity index is 2.41. The molecule has 0 saturated carbocycles. The second kappa shape index (κ2) is 6.90. The number of methoxy groups -OCH3 is 1. The smallest absolute Gasteiger partial charge is 0.0638 e. The molecule has 0 radical (unpaired) electrons. The van der Waals surface area contributed by atoms with Crippen LogP contribution in [-0.2, 0) is 11.3 Å². The summed E-state index contributed by atoms with van der Waals surface area (Å²) in [6, 6.07) is 1.95. The maximum Gasteiger partial charge on any atom is 0.0638 e. The van der Waals surface area contributed by atoms with Crippen LogP contribution in [0.15, 0.2) is 22.9 Å². The molecule has 4 nitrogen and oxygen atoms in total. The Morgan fingerprint density at radius 3 is 3.00 bits per heavy atom. The quantitative estimate of drug-likeness (QED) is 0.811. The van der Waals surface area contributed by atoms with E-state index in [9.17, 15) is 0 Å². The van der Waals surface area contributed by atoms with E-state index in [2.05, 4.69) is 26.2 Å². The molecule has 15 heavy (non-hydrogen) atoms. The highest BCUT2D eigenvalue weighted by Gasteiger charge is 2.05. The van der Waals surface area contributed by atoms with E-state index < -0.39 is 0 Å². The largest absolute Gasteiger partial charge is 0.395 e. The monoisotopic (exact) mass is 274 g/mol. The molecule has 0 aliphatic rings. The lowest BCUT2D eigenvalue weighted by molar-refractivity contribution is 0.128. The Morgan fingerprint density at radius 2 is 2.40 bits per heavy atom. The van der Waals surface area contributed by atoms with Crippen LogP contribution in [0, 0.1) is 0 Å². The minimum absolute atomic E-state index is 0.0334. The fourth-order valence-corrected chi connectivity index (χ4v) is 1.60. The van der Waals surface area contributed by atoms with E-state index in [0.29, 0.717) is 13.2 Å². The second-order valence-corrected chi connectivity index (χ2v) is 4.14. The third-order valence-electron chi connectivity index (χ3n) is 1.94. The first-order valence-electron chi connectivity index (χ1n) is 4.69. The lowest BCUT2D eigenvalue weighted by Crippen LogP contribution is -2.35. The molecule has 1 aromatic rings. The highest BCUT2D eigenvalue weighted by molar-refractivity contribution is 9.10. The molecule has 1 rings (SSSR count). The molecule has 1 aromatic heterocycles. The normalized spacial score (nSPS) is 12.7. The first-order chi connectivity index (χ1) is 7.26. The summed E-state index contributed by atoms with van der Waals surface area (Å²) in [5, 5.41) is 12.2. The van der Waals surface area contributed by atoms with Crippen LogP contribution in [0.2, 0.25) is 0 Å². The first-order valence-corrected chi connectivity index (χ1v) is 5.48. The van der Waals surface area contributed by atoms with E-state index in [1.54, 1.807) is 19.5 Å². The molecule has 0 aliphatic heterocycles. The molecular weight excluding hydrogens is 260 g/mol. The van der Waals surface area contributed by atoms with Gasteiger partial charge in [-0.3, -0.25) is 4.98 Å². The van der Waals surface area contributed by atoms with Gasteiger partial charge >= 0.3 is 0 Å². The number of aliphatic hydroxyl groups is 1. The van der Waals surface area contributed by atoms with Gasteiger partial charge < -0.3 is 15.2 Å².